The normalized spacial score (nSPS) is 11.9. The molecule has 0 aliphatic carbocycles. The predicted octanol–water partition coefficient (Wildman–Crippen LogP) is 15.0. The number of para-hydroxylation sites is 2. The molecule has 0 unspecified atom stereocenters. The molecule has 0 aliphatic rings. The Balaban J connectivity index is 1.17. The van der Waals surface area contributed by atoms with Crippen molar-refractivity contribution < 1.29 is 4.42 Å². The van der Waals surface area contributed by atoms with Gasteiger partial charge in [-0.15, -0.1) is 0 Å². The highest BCUT2D eigenvalue weighted by atomic mass is 16.3. The van der Waals surface area contributed by atoms with Crippen LogP contribution in [0.4, 0.5) is 0 Å². The van der Waals surface area contributed by atoms with E-state index in [1.807, 2.05) is 18.2 Å². The Kier molecular flexibility index (Phi) is 7.54. The predicted molar refractivity (Wildman–Crippen MR) is 256 cm³/mol. The quantitative estimate of drug-likeness (QED) is 0.163. The summed E-state index contributed by atoms with van der Waals surface area (Å²) in [5, 5.41) is 11.3. The largest absolute Gasteiger partial charge is 0.455 e. The molecule has 0 spiro atoms. The Labute approximate surface area is 355 Å². The lowest BCUT2D eigenvalue weighted by Crippen LogP contribution is -2.04. The number of aromatic nitrogens is 4. The molecule has 0 saturated carbocycles. The summed E-state index contributed by atoms with van der Waals surface area (Å²) in [6.45, 7) is 0. The minimum absolute atomic E-state index is 0.527. The van der Waals surface area contributed by atoms with Crippen LogP contribution in [0.5, 0.6) is 0 Å². The van der Waals surface area contributed by atoms with E-state index in [1.54, 1.807) is 0 Å². The fourth-order valence-corrected chi connectivity index (χ4v) is 9.54. The Hall–Kier alpha value is -8.41. The summed E-state index contributed by atoms with van der Waals surface area (Å²) in [4.78, 5) is 16.4. The van der Waals surface area contributed by atoms with Gasteiger partial charge in [0.2, 0.25) is 0 Å². The molecular weight excluding hydrogens is 757 g/mol. The smallest absolute Gasteiger partial charge is 0.170 e. The molecule has 13 rings (SSSR count). The van der Waals surface area contributed by atoms with Crippen LogP contribution in [0.1, 0.15) is 0 Å². The molecule has 0 N–H and O–H groups in total. The molecule has 10 aromatic carbocycles. The third-order valence-electron chi connectivity index (χ3n) is 12.4. The second-order valence-electron chi connectivity index (χ2n) is 15.9. The number of fused-ring (bicyclic) bond motifs is 10. The Morgan fingerprint density at radius 1 is 0.339 bits per heavy atom. The lowest BCUT2D eigenvalue weighted by Gasteiger charge is -2.16. The molecule has 0 bridgehead atoms. The van der Waals surface area contributed by atoms with Crippen LogP contribution in [0, 0.1) is 0 Å². The summed E-state index contributed by atoms with van der Waals surface area (Å²) in [6, 6.07) is 72.7. The van der Waals surface area contributed by atoms with Crippen molar-refractivity contribution in [2.45, 2.75) is 0 Å². The number of benzene rings is 10. The van der Waals surface area contributed by atoms with E-state index in [4.69, 9.17) is 19.4 Å². The fourth-order valence-electron chi connectivity index (χ4n) is 9.54. The van der Waals surface area contributed by atoms with Crippen LogP contribution in [0.2, 0.25) is 0 Å². The average Bonchev–Trinajstić information content (AvgIpc) is 3.88. The van der Waals surface area contributed by atoms with Gasteiger partial charge >= 0.3 is 0 Å². The molecule has 0 amide bonds. The van der Waals surface area contributed by atoms with Crippen LogP contribution in [0.15, 0.2) is 211 Å². The highest BCUT2D eigenvalue weighted by Crippen LogP contribution is 2.44. The monoisotopic (exact) mass is 790 g/mol. The van der Waals surface area contributed by atoms with E-state index in [0.717, 1.165) is 82.6 Å². The van der Waals surface area contributed by atoms with E-state index in [1.165, 1.54) is 26.9 Å². The summed E-state index contributed by atoms with van der Waals surface area (Å²) in [7, 11) is 0. The van der Waals surface area contributed by atoms with Crippen LogP contribution >= 0.6 is 0 Å². The van der Waals surface area contributed by atoms with E-state index >= 15 is 0 Å². The first-order valence-electron chi connectivity index (χ1n) is 20.9. The van der Waals surface area contributed by atoms with Gasteiger partial charge in [0.15, 0.2) is 17.5 Å². The minimum Gasteiger partial charge on any atom is -0.455 e. The van der Waals surface area contributed by atoms with Gasteiger partial charge in [-0.2, -0.15) is 0 Å². The Morgan fingerprint density at radius 2 is 0.968 bits per heavy atom. The Morgan fingerprint density at radius 3 is 1.82 bits per heavy atom. The van der Waals surface area contributed by atoms with E-state index in [-0.39, 0.29) is 0 Å². The zero-order chi connectivity index (χ0) is 40.7. The van der Waals surface area contributed by atoms with Gasteiger partial charge in [0, 0.05) is 32.7 Å². The molecule has 288 valence electrons. The van der Waals surface area contributed by atoms with Crippen molar-refractivity contribution in [1.82, 2.24) is 19.5 Å². The maximum atomic E-state index is 6.95. The molecule has 0 saturated heterocycles. The maximum absolute atomic E-state index is 6.95. The molecule has 3 heterocycles. The summed E-state index contributed by atoms with van der Waals surface area (Å²) in [5.74, 6) is 1.69. The van der Waals surface area contributed by atoms with Crippen molar-refractivity contribution in [3.8, 4) is 51.0 Å². The first kappa shape index (κ1) is 34.5. The van der Waals surface area contributed by atoms with E-state index in [0.29, 0.717) is 17.5 Å². The molecule has 13 aromatic rings. The van der Waals surface area contributed by atoms with Crippen molar-refractivity contribution in [2.24, 2.45) is 0 Å². The molecule has 62 heavy (non-hydrogen) atoms. The summed E-state index contributed by atoms with van der Waals surface area (Å²) in [6.07, 6.45) is 0. The standard InChI is InChI=1S/C57H34N4O/c1-2-15-35(16-3-1)36-20-14-21-40(31-36)55-58-56(48-33-39-19-6-7-22-41(39)42-23-8-9-24-43(42)48)60-57(59-55)53-50(30-29-46-45-26-11-13-28-52(45)62-54(46)53)61-49-27-12-10-25-44(49)47-32-37-17-4-5-18-38(37)34-51(47)61/h1-34H. The van der Waals surface area contributed by atoms with Crippen molar-refractivity contribution in [1.29, 1.82) is 0 Å². The van der Waals surface area contributed by atoms with Crippen LogP contribution in [0.25, 0.3) is 127 Å². The average molecular weight is 791 g/mol. The molecule has 0 atom stereocenters. The maximum Gasteiger partial charge on any atom is 0.170 e. The molecule has 5 nitrogen and oxygen atoms in total. The Bertz CT molecular complexity index is 3940. The van der Waals surface area contributed by atoms with Gasteiger partial charge in [-0.25, -0.2) is 15.0 Å². The zero-order valence-corrected chi connectivity index (χ0v) is 33.3. The highest BCUT2D eigenvalue weighted by molar-refractivity contribution is 6.17. The summed E-state index contributed by atoms with van der Waals surface area (Å²) < 4.78 is 9.32. The minimum atomic E-state index is 0.527. The number of nitrogens with zero attached hydrogens (tertiary/aromatic N) is 4. The molecule has 0 fully saturated rings. The van der Waals surface area contributed by atoms with Crippen molar-refractivity contribution >= 4 is 76.1 Å². The van der Waals surface area contributed by atoms with E-state index in [9.17, 15) is 0 Å². The first-order chi connectivity index (χ1) is 30.7. The van der Waals surface area contributed by atoms with Crippen LogP contribution < -0.4 is 0 Å². The molecule has 5 heteroatoms. The molecule has 0 radical (unpaired) electrons. The van der Waals surface area contributed by atoms with Gasteiger partial charge in [-0.05, 0) is 92.0 Å². The fraction of sp³-hybridized carbons (Fsp3) is 0. The number of hydrogen-bond donors (Lipinski definition) is 0. The first-order valence-corrected chi connectivity index (χ1v) is 20.9. The number of hydrogen-bond acceptors (Lipinski definition) is 4. The van der Waals surface area contributed by atoms with Gasteiger partial charge < -0.3 is 8.98 Å². The van der Waals surface area contributed by atoms with Crippen LogP contribution in [0.3, 0.4) is 0 Å². The number of rotatable bonds is 5. The molecule has 3 aromatic heterocycles. The highest BCUT2D eigenvalue weighted by Gasteiger charge is 2.25. The SMILES string of the molecule is c1ccc(-c2cccc(-c3nc(-c4cc5ccccc5c5ccccc45)nc(-c4c(-n5c6ccccc6c6cc7ccccc7cc65)ccc5c4oc4ccccc45)n3)c2)cc1. The van der Waals surface area contributed by atoms with Crippen molar-refractivity contribution in [3.63, 3.8) is 0 Å². The van der Waals surface area contributed by atoms with Crippen LogP contribution in [-0.4, -0.2) is 19.5 Å². The lowest BCUT2D eigenvalue weighted by molar-refractivity contribution is 0.669. The van der Waals surface area contributed by atoms with Gasteiger partial charge in [0.25, 0.3) is 0 Å². The van der Waals surface area contributed by atoms with Gasteiger partial charge in [-0.1, -0.05) is 158 Å². The van der Waals surface area contributed by atoms with E-state index < -0.39 is 0 Å². The van der Waals surface area contributed by atoms with E-state index in [2.05, 4.69) is 193 Å². The third kappa shape index (κ3) is 5.32. The topological polar surface area (TPSA) is 56.7 Å². The van der Waals surface area contributed by atoms with Crippen molar-refractivity contribution in [3.05, 3.63) is 206 Å². The van der Waals surface area contributed by atoms with Crippen molar-refractivity contribution in [2.75, 3.05) is 0 Å². The second kappa shape index (κ2) is 13.6. The number of furan rings is 1. The van der Waals surface area contributed by atoms with Gasteiger partial charge in [-0.3, -0.25) is 0 Å². The lowest BCUT2D eigenvalue weighted by atomic mass is 9.96. The second-order valence-corrected chi connectivity index (χ2v) is 15.9. The summed E-state index contributed by atoms with van der Waals surface area (Å²) in [5.41, 5.74) is 9.45. The zero-order valence-electron chi connectivity index (χ0n) is 33.3. The van der Waals surface area contributed by atoms with Gasteiger partial charge in [0.05, 0.1) is 22.3 Å². The van der Waals surface area contributed by atoms with Gasteiger partial charge in [0.1, 0.15) is 11.2 Å². The third-order valence-corrected chi connectivity index (χ3v) is 12.4. The van der Waals surface area contributed by atoms with Crippen LogP contribution in [-0.2, 0) is 0 Å². The summed E-state index contributed by atoms with van der Waals surface area (Å²) >= 11 is 0. The molecule has 0 aliphatic heterocycles. The molecular formula is C57H34N4O.